The Labute approximate surface area is 102 Å². The highest BCUT2D eigenvalue weighted by Gasteiger charge is 2.14. The fraction of sp³-hybridized carbons (Fsp3) is 0.538. The number of aliphatic hydroxyl groups excluding tert-OH is 1. The molecular weight excluding hydrogens is 214 g/mol. The van der Waals surface area contributed by atoms with Crippen LogP contribution in [0.1, 0.15) is 56.2 Å². The second-order valence-corrected chi connectivity index (χ2v) is 4.78. The molecule has 0 saturated carbocycles. The third-order valence-electron chi connectivity index (χ3n) is 2.80. The fourth-order valence-electron chi connectivity index (χ4n) is 1.88. The molecule has 17 heavy (non-hydrogen) atoms. The lowest BCUT2D eigenvalue weighted by atomic mass is 9.91. The lowest BCUT2D eigenvalue weighted by molar-refractivity contribution is 0.281. The third kappa shape index (κ3) is 2.99. The number of benzene rings is 1. The molecule has 1 rings (SSSR count). The molecule has 0 bridgehead atoms. The van der Waals surface area contributed by atoms with Gasteiger partial charge in [0, 0.05) is 10.6 Å². The Morgan fingerprint density at radius 1 is 1.18 bits per heavy atom. The average molecular weight is 233 g/mol. The first-order valence-electron chi connectivity index (χ1n) is 5.83. The number of hydrogen-bond donors (Lipinski definition) is 1. The summed E-state index contributed by atoms with van der Waals surface area (Å²) in [4.78, 5) is 2.91. The van der Waals surface area contributed by atoms with Crippen LogP contribution >= 0.6 is 0 Å². The highest BCUT2D eigenvalue weighted by atomic mass is 16.3. The van der Waals surface area contributed by atoms with Crippen molar-refractivity contribution in [2.75, 3.05) is 0 Å². The van der Waals surface area contributed by atoms with Gasteiger partial charge in [-0.3, -0.25) is 0 Å². The minimum atomic E-state index is 0.00991. The van der Waals surface area contributed by atoms with Crippen LogP contribution in [0.4, 0.5) is 5.69 Å². The number of rotatable bonds is 4. The number of aliphatic hydroxyl groups is 1. The Morgan fingerprint density at radius 2 is 1.65 bits per heavy atom. The van der Waals surface area contributed by atoms with Gasteiger partial charge >= 0.3 is 0 Å². The van der Waals surface area contributed by atoms with Crippen molar-refractivity contribution < 1.29 is 5.11 Å². The van der Waals surface area contributed by atoms with E-state index in [1.807, 2.05) is 12.1 Å². The molecule has 0 aliphatic rings. The van der Waals surface area contributed by atoms with Crippen LogP contribution in [0.3, 0.4) is 0 Å². The normalized spacial score (nSPS) is 10.8. The van der Waals surface area contributed by atoms with E-state index in [4.69, 9.17) is 5.53 Å². The molecular formula is C13H19N3O. The highest BCUT2D eigenvalue weighted by molar-refractivity contribution is 5.57. The minimum absolute atomic E-state index is 0.00991. The standard InChI is InChI=1S/C13H19N3O/c1-8(2)11-5-10(7-17)6-12(9(3)4)13(11)15-16-14/h5-6,8-9,17H,7H2,1-4H3. The van der Waals surface area contributed by atoms with Gasteiger partial charge in [0.05, 0.1) is 6.61 Å². The van der Waals surface area contributed by atoms with Crippen molar-refractivity contribution in [3.63, 3.8) is 0 Å². The molecule has 1 aromatic carbocycles. The van der Waals surface area contributed by atoms with Crippen LogP contribution in [0.2, 0.25) is 0 Å². The molecule has 0 fully saturated rings. The number of nitrogens with zero attached hydrogens (tertiary/aromatic N) is 3. The summed E-state index contributed by atoms with van der Waals surface area (Å²) in [6.07, 6.45) is 0. The third-order valence-corrected chi connectivity index (χ3v) is 2.80. The fourth-order valence-corrected chi connectivity index (χ4v) is 1.88. The van der Waals surface area contributed by atoms with Gasteiger partial charge in [0.15, 0.2) is 0 Å². The molecule has 0 amide bonds. The number of hydrogen-bond acceptors (Lipinski definition) is 2. The summed E-state index contributed by atoms with van der Waals surface area (Å²) in [5.41, 5.74) is 12.3. The van der Waals surface area contributed by atoms with E-state index >= 15 is 0 Å². The second kappa shape index (κ2) is 5.71. The van der Waals surface area contributed by atoms with Crippen molar-refractivity contribution in [3.05, 3.63) is 39.3 Å². The average Bonchev–Trinajstić information content (AvgIpc) is 2.28. The summed E-state index contributed by atoms with van der Waals surface area (Å²) in [7, 11) is 0. The summed E-state index contributed by atoms with van der Waals surface area (Å²) in [6, 6.07) is 3.83. The Bertz CT molecular complexity index is 417. The van der Waals surface area contributed by atoms with Gasteiger partial charge in [0.1, 0.15) is 0 Å². The molecule has 4 nitrogen and oxygen atoms in total. The van der Waals surface area contributed by atoms with Gasteiger partial charge in [0.2, 0.25) is 0 Å². The Balaban J connectivity index is 3.54. The summed E-state index contributed by atoms with van der Waals surface area (Å²) in [5, 5.41) is 13.1. The van der Waals surface area contributed by atoms with Crippen molar-refractivity contribution in [2.24, 2.45) is 5.11 Å². The first-order chi connectivity index (χ1) is 8.01. The Morgan fingerprint density at radius 3 is 1.94 bits per heavy atom. The summed E-state index contributed by atoms with van der Waals surface area (Å²) < 4.78 is 0. The van der Waals surface area contributed by atoms with Gasteiger partial charge < -0.3 is 5.11 Å². The van der Waals surface area contributed by atoms with Gasteiger partial charge in [-0.1, -0.05) is 44.9 Å². The first-order valence-corrected chi connectivity index (χ1v) is 5.83. The Hall–Kier alpha value is -1.51. The topological polar surface area (TPSA) is 69.0 Å². The van der Waals surface area contributed by atoms with E-state index < -0.39 is 0 Å². The van der Waals surface area contributed by atoms with E-state index in [2.05, 4.69) is 37.7 Å². The van der Waals surface area contributed by atoms with Crippen molar-refractivity contribution in [2.45, 2.75) is 46.1 Å². The monoisotopic (exact) mass is 233 g/mol. The predicted octanol–water partition coefficient (Wildman–Crippen LogP) is 4.37. The maximum atomic E-state index is 9.27. The van der Waals surface area contributed by atoms with Crippen LogP contribution in [0.5, 0.6) is 0 Å². The van der Waals surface area contributed by atoms with E-state index in [0.29, 0.717) is 0 Å². The molecule has 0 spiro atoms. The zero-order valence-corrected chi connectivity index (χ0v) is 10.8. The van der Waals surface area contributed by atoms with Gasteiger partial charge in [-0.05, 0) is 34.1 Å². The van der Waals surface area contributed by atoms with Crippen molar-refractivity contribution in [1.82, 2.24) is 0 Å². The lowest BCUT2D eigenvalue weighted by Gasteiger charge is -2.18. The smallest absolute Gasteiger partial charge is 0.0682 e. The SMILES string of the molecule is CC(C)c1cc(CO)cc(C(C)C)c1N=[N+]=[N-]. The summed E-state index contributed by atoms with van der Waals surface area (Å²) >= 11 is 0. The van der Waals surface area contributed by atoms with E-state index in [9.17, 15) is 5.11 Å². The maximum absolute atomic E-state index is 9.27. The lowest BCUT2D eigenvalue weighted by Crippen LogP contribution is -1.98. The molecule has 0 heterocycles. The van der Waals surface area contributed by atoms with Crippen LogP contribution in [0, 0.1) is 0 Å². The number of azide groups is 1. The predicted molar refractivity (Wildman–Crippen MR) is 69.3 cm³/mol. The maximum Gasteiger partial charge on any atom is 0.0682 e. The van der Waals surface area contributed by atoms with Gasteiger partial charge in [-0.15, -0.1) is 0 Å². The largest absolute Gasteiger partial charge is 0.392 e. The summed E-state index contributed by atoms with van der Waals surface area (Å²) in [5.74, 6) is 0.527. The van der Waals surface area contributed by atoms with Gasteiger partial charge in [0.25, 0.3) is 0 Å². The summed E-state index contributed by atoms with van der Waals surface area (Å²) in [6.45, 7) is 8.22. The van der Waals surface area contributed by atoms with Crippen LogP contribution in [-0.2, 0) is 6.61 Å². The van der Waals surface area contributed by atoms with Gasteiger partial charge in [-0.2, -0.15) is 0 Å². The van der Waals surface area contributed by atoms with Crippen molar-refractivity contribution >= 4 is 5.69 Å². The molecule has 0 atom stereocenters. The van der Waals surface area contributed by atoms with E-state index in [0.717, 1.165) is 22.4 Å². The molecule has 4 heteroatoms. The van der Waals surface area contributed by atoms with Crippen molar-refractivity contribution in [1.29, 1.82) is 0 Å². The van der Waals surface area contributed by atoms with E-state index in [1.165, 1.54) is 0 Å². The second-order valence-electron chi connectivity index (χ2n) is 4.78. The molecule has 1 aromatic rings. The molecule has 0 radical (unpaired) electrons. The zero-order valence-electron chi connectivity index (χ0n) is 10.8. The van der Waals surface area contributed by atoms with E-state index in [1.54, 1.807) is 0 Å². The Kier molecular flexibility index (Phi) is 4.55. The van der Waals surface area contributed by atoms with Crippen LogP contribution in [-0.4, -0.2) is 5.11 Å². The van der Waals surface area contributed by atoms with Crippen molar-refractivity contribution in [3.8, 4) is 0 Å². The molecule has 0 unspecified atom stereocenters. The van der Waals surface area contributed by atoms with Crippen LogP contribution < -0.4 is 0 Å². The minimum Gasteiger partial charge on any atom is -0.392 e. The zero-order chi connectivity index (χ0) is 13.0. The molecule has 1 N–H and O–H groups in total. The highest BCUT2D eigenvalue weighted by Crippen LogP contribution is 2.36. The molecule has 0 aromatic heterocycles. The van der Waals surface area contributed by atoms with Crippen LogP contribution in [0.15, 0.2) is 17.2 Å². The molecule has 0 aliphatic carbocycles. The van der Waals surface area contributed by atoms with Gasteiger partial charge in [-0.25, -0.2) is 0 Å². The molecule has 0 aliphatic heterocycles. The van der Waals surface area contributed by atoms with Crippen LogP contribution in [0.25, 0.3) is 10.4 Å². The van der Waals surface area contributed by atoms with E-state index in [-0.39, 0.29) is 18.4 Å². The first kappa shape index (κ1) is 13.6. The molecule has 92 valence electrons. The molecule has 0 saturated heterocycles. The quantitative estimate of drug-likeness (QED) is 0.468.